The molecular weight excluding hydrogens is 269 g/mol. The second-order valence-electron chi connectivity index (χ2n) is 4.87. The summed E-state index contributed by atoms with van der Waals surface area (Å²) in [6.45, 7) is 2.11. The number of rotatable bonds is 5. The summed E-state index contributed by atoms with van der Waals surface area (Å²) in [4.78, 5) is 13.8. The molecule has 0 radical (unpaired) electrons. The summed E-state index contributed by atoms with van der Waals surface area (Å²) in [7, 11) is 1.70. The Hall–Kier alpha value is -2.36. The molecule has 2 rings (SSSR count). The minimum Gasteiger partial charge on any atom is -0.478 e. The first-order chi connectivity index (χ1) is 10.1. The molecule has 0 N–H and O–H groups in total. The monoisotopic (exact) mass is 287 g/mol. The van der Waals surface area contributed by atoms with Gasteiger partial charge >= 0.3 is 0 Å². The van der Waals surface area contributed by atoms with Crippen molar-refractivity contribution in [1.82, 2.24) is 4.90 Å². The van der Waals surface area contributed by atoms with Crippen molar-refractivity contribution in [2.24, 2.45) is 0 Å². The summed E-state index contributed by atoms with van der Waals surface area (Å²) in [5.74, 6) is -0.573. The van der Waals surface area contributed by atoms with Crippen LogP contribution in [-0.2, 0) is 11.3 Å². The van der Waals surface area contributed by atoms with E-state index in [1.54, 1.807) is 31.0 Å². The van der Waals surface area contributed by atoms with Gasteiger partial charge in [-0.2, -0.15) is 0 Å². The van der Waals surface area contributed by atoms with Crippen LogP contribution in [0.1, 0.15) is 12.5 Å². The van der Waals surface area contributed by atoms with Gasteiger partial charge in [-0.15, -0.1) is 0 Å². The summed E-state index contributed by atoms with van der Waals surface area (Å²) in [6.07, 6.45) is -0.740. The summed E-state index contributed by atoms with van der Waals surface area (Å²) in [6, 6.07) is 15.7. The van der Waals surface area contributed by atoms with Gasteiger partial charge in [0.25, 0.3) is 5.91 Å². The Kier molecular flexibility index (Phi) is 4.93. The molecule has 0 spiro atoms. The highest BCUT2D eigenvalue weighted by molar-refractivity contribution is 5.80. The Labute approximate surface area is 124 Å². The highest BCUT2D eigenvalue weighted by Gasteiger charge is 2.20. The second kappa shape index (κ2) is 6.88. The minimum absolute atomic E-state index is 0.0893. The number of hydrogen-bond acceptors (Lipinski definition) is 2. The molecule has 21 heavy (non-hydrogen) atoms. The van der Waals surface area contributed by atoms with Gasteiger partial charge in [-0.1, -0.05) is 42.5 Å². The van der Waals surface area contributed by atoms with E-state index in [0.29, 0.717) is 6.54 Å². The van der Waals surface area contributed by atoms with Crippen LogP contribution in [0.15, 0.2) is 54.6 Å². The van der Waals surface area contributed by atoms with E-state index < -0.39 is 11.9 Å². The number of nitrogens with zero attached hydrogens (tertiary/aromatic N) is 1. The van der Waals surface area contributed by atoms with Crippen LogP contribution in [0.5, 0.6) is 5.75 Å². The molecule has 0 heterocycles. The van der Waals surface area contributed by atoms with Gasteiger partial charge < -0.3 is 9.64 Å². The Morgan fingerprint density at radius 1 is 1.14 bits per heavy atom. The Morgan fingerprint density at radius 3 is 2.43 bits per heavy atom. The summed E-state index contributed by atoms with van der Waals surface area (Å²) < 4.78 is 18.9. The Morgan fingerprint density at radius 2 is 1.76 bits per heavy atom. The molecular formula is C17H18FNO2. The van der Waals surface area contributed by atoms with Crippen molar-refractivity contribution in [3.63, 3.8) is 0 Å². The highest BCUT2D eigenvalue weighted by Crippen LogP contribution is 2.17. The number of carbonyl (C=O) groups is 1. The van der Waals surface area contributed by atoms with Crippen LogP contribution in [0.3, 0.4) is 0 Å². The van der Waals surface area contributed by atoms with E-state index in [0.717, 1.165) is 5.56 Å². The molecule has 4 heteroatoms. The molecule has 0 aliphatic heterocycles. The molecule has 0 unspecified atom stereocenters. The predicted molar refractivity (Wildman–Crippen MR) is 79.4 cm³/mol. The quantitative estimate of drug-likeness (QED) is 0.845. The van der Waals surface area contributed by atoms with Crippen molar-refractivity contribution in [1.29, 1.82) is 0 Å². The van der Waals surface area contributed by atoms with Crippen LogP contribution < -0.4 is 4.74 Å². The first kappa shape index (κ1) is 15.0. The zero-order chi connectivity index (χ0) is 15.2. The maximum atomic E-state index is 13.5. The molecule has 0 aromatic heterocycles. The zero-order valence-electron chi connectivity index (χ0n) is 12.1. The number of hydrogen-bond donors (Lipinski definition) is 0. The maximum Gasteiger partial charge on any atom is 0.263 e. The molecule has 0 bridgehead atoms. The molecule has 110 valence electrons. The molecule has 0 saturated carbocycles. The normalized spacial score (nSPS) is 11.8. The fourth-order valence-corrected chi connectivity index (χ4v) is 2.03. The molecule has 3 nitrogen and oxygen atoms in total. The molecule has 0 saturated heterocycles. The number of amides is 1. The fraction of sp³-hybridized carbons (Fsp3) is 0.235. The lowest BCUT2D eigenvalue weighted by Gasteiger charge is -2.22. The average Bonchev–Trinajstić information content (AvgIpc) is 2.49. The van der Waals surface area contributed by atoms with Crippen molar-refractivity contribution in [3.05, 3.63) is 66.0 Å². The van der Waals surface area contributed by atoms with Crippen LogP contribution >= 0.6 is 0 Å². The SMILES string of the molecule is C[C@H](Oc1ccccc1F)C(=O)N(C)Cc1ccccc1. The maximum absolute atomic E-state index is 13.5. The molecule has 0 fully saturated rings. The van der Waals surface area contributed by atoms with Gasteiger partial charge in [0.05, 0.1) is 0 Å². The third-order valence-electron chi connectivity index (χ3n) is 3.13. The van der Waals surface area contributed by atoms with Gasteiger partial charge in [0.15, 0.2) is 17.7 Å². The molecule has 1 amide bonds. The Bertz CT molecular complexity index is 601. The lowest BCUT2D eigenvalue weighted by molar-refractivity contribution is -0.137. The van der Waals surface area contributed by atoms with Gasteiger partial charge in [-0.3, -0.25) is 4.79 Å². The smallest absolute Gasteiger partial charge is 0.263 e. The van der Waals surface area contributed by atoms with Crippen molar-refractivity contribution in [2.45, 2.75) is 19.6 Å². The van der Waals surface area contributed by atoms with E-state index >= 15 is 0 Å². The Balaban J connectivity index is 1.97. The number of halogens is 1. The van der Waals surface area contributed by atoms with Crippen molar-refractivity contribution >= 4 is 5.91 Å². The van der Waals surface area contributed by atoms with Crippen LogP contribution in [0.2, 0.25) is 0 Å². The number of benzene rings is 2. The van der Waals surface area contributed by atoms with E-state index in [-0.39, 0.29) is 11.7 Å². The van der Waals surface area contributed by atoms with Crippen LogP contribution in [-0.4, -0.2) is 24.0 Å². The topological polar surface area (TPSA) is 29.5 Å². The summed E-state index contributed by atoms with van der Waals surface area (Å²) in [5, 5.41) is 0. The zero-order valence-corrected chi connectivity index (χ0v) is 12.1. The van der Waals surface area contributed by atoms with Gasteiger partial charge in [0, 0.05) is 13.6 Å². The van der Waals surface area contributed by atoms with Crippen molar-refractivity contribution in [2.75, 3.05) is 7.05 Å². The van der Waals surface area contributed by atoms with Gasteiger partial charge in [0.1, 0.15) is 0 Å². The summed E-state index contributed by atoms with van der Waals surface area (Å²) in [5.41, 5.74) is 1.03. The van der Waals surface area contributed by atoms with Crippen LogP contribution in [0.25, 0.3) is 0 Å². The lowest BCUT2D eigenvalue weighted by atomic mass is 10.2. The number of carbonyl (C=O) groups excluding carboxylic acids is 1. The van der Waals surface area contributed by atoms with Crippen molar-refractivity contribution < 1.29 is 13.9 Å². The first-order valence-corrected chi connectivity index (χ1v) is 6.78. The van der Waals surface area contributed by atoms with E-state index in [4.69, 9.17) is 4.74 Å². The molecule has 0 aliphatic rings. The fourth-order valence-electron chi connectivity index (χ4n) is 2.03. The van der Waals surface area contributed by atoms with Crippen LogP contribution in [0.4, 0.5) is 4.39 Å². The number of para-hydroxylation sites is 1. The summed E-state index contributed by atoms with van der Waals surface area (Å²) >= 11 is 0. The molecule has 1 atom stereocenters. The third kappa shape index (κ3) is 4.05. The number of likely N-dealkylation sites (N-methyl/N-ethyl adjacent to an activating group) is 1. The van der Waals surface area contributed by atoms with Gasteiger partial charge in [-0.25, -0.2) is 4.39 Å². The minimum atomic E-state index is -0.740. The van der Waals surface area contributed by atoms with Gasteiger partial charge in [0.2, 0.25) is 0 Å². The molecule has 2 aromatic carbocycles. The number of ether oxygens (including phenoxy) is 1. The van der Waals surface area contributed by atoms with Gasteiger partial charge in [-0.05, 0) is 24.6 Å². The van der Waals surface area contributed by atoms with Crippen LogP contribution in [0, 0.1) is 5.82 Å². The standard InChI is InChI=1S/C17H18FNO2/c1-13(21-16-11-7-6-10-15(16)18)17(20)19(2)12-14-8-4-3-5-9-14/h3-11,13H,12H2,1-2H3/t13-/m0/s1. The van der Waals surface area contributed by atoms with E-state index in [1.807, 2.05) is 30.3 Å². The average molecular weight is 287 g/mol. The third-order valence-corrected chi connectivity index (χ3v) is 3.13. The van der Waals surface area contributed by atoms with E-state index in [9.17, 15) is 9.18 Å². The lowest BCUT2D eigenvalue weighted by Crippen LogP contribution is -2.37. The second-order valence-corrected chi connectivity index (χ2v) is 4.87. The first-order valence-electron chi connectivity index (χ1n) is 6.78. The van der Waals surface area contributed by atoms with E-state index in [1.165, 1.54) is 12.1 Å². The molecule has 2 aromatic rings. The van der Waals surface area contributed by atoms with E-state index in [2.05, 4.69) is 0 Å². The predicted octanol–water partition coefficient (Wildman–Crippen LogP) is 3.25. The molecule has 0 aliphatic carbocycles. The highest BCUT2D eigenvalue weighted by atomic mass is 19.1. The van der Waals surface area contributed by atoms with Crippen molar-refractivity contribution in [3.8, 4) is 5.75 Å². The largest absolute Gasteiger partial charge is 0.478 e.